The number of likely N-dealkylation sites (tertiary alicyclic amines) is 1. The van der Waals surface area contributed by atoms with Gasteiger partial charge in [0.05, 0.1) is 12.0 Å². The van der Waals surface area contributed by atoms with Crippen LogP contribution in [-0.4, -0.2) is 29.1 Å². The van der Waals surface area contributed by atoms with E-state index in [1.165, 1.54) is 6.42 Å². The fraction of sp³-hybridized carbons (Fsp3) is 0.533. The fourth-order valence-electron chi connectivity index (χ4n) is 2.99. The Morgan fingerprint density at radius 3 is 2.50 bits per heavy atom. The molecule has 0 aliphatic carbocycles. The second-order valence-electron chi connectivity index (χ2n) is 5.52. The molecular formula is C15H19Cl2NO2. The predicted octanol–water partition coefficient (Wildman–Crippen LogP) is 4.17. The molecule has 1 atom stereocenters. The van der Waals surface area contributed by atoms with E-state index in [-0.39, 0.29) is 6.42 Å². The number of carboxylic acids is 1. The van der Waals surface area contributed by atoms with Crippen molar-refractivity contribution in [2.75, 3.05) is 13.1 Å². The van der Waals surface area contributed by atoms with E-state index in [4.69, 9.17) is 23.2 Å². The molecular weight excluding hydrogens is 297 g/mol. The lowest BCUT2D eigenvalue weighted by atomic mass is 9.85. The van der Waals surface area contributed by atoms with Gasteiger partial charge in [0.2, 0.25) is 0 Å². The van der Waals surface area contributed by atoms with Gasteiger partial charge in [0.15, 0.2) is 0 Å². The Balaban J connectivity index is 2.41. The number of rotatable bonds is 4. The average molecular weight is 316 g/mol. The molecule has 0 spiro atoms. The zero-order valence-electron chi connectivity index (χ0n) is 11.5. The minimum Gasteiger partial charge on any atom is -0.481 e. The molecule has 0 aromatic heterocycles. The first-order chi connectivity index (χ1) is 9.43. The zero-order chi connectivity index (χ0) is 14.8. The Bertz CT molecular complexity index is 501. The maximum atomic E-state index is 11.3. The van der Waals surface area contributed by atoms with Gasteiger partial charge in [0, 0.05) is 10.0 Å². The highest BCUT2D eigenvalue weighted by Crippen LogP contribution is 2.38. The number of carboxylic acid groups (broad SMARTS) is 1. The summed E-state index contributed by atoms with van der Waals surface area (Å²) in [7, 11) is 0. The molecule has 0 saturated carbocycles. The van der Waals surface area contributed by atoms with Gasteiger partial charge in [-0.3, -0.25) is 9.69 Å². The van der Waals surface area contributed by atoms with Crippen molar-refractivity contribution in [1.82, 2.24) is 4.90 Å². The molecule has 1 fully saturated rings. The van der Waals surface area contributed by atoms with Crippen molar-refractivity contribution < 1.29 is 9.90 Å². The highest BCUT2D eigenvalue weighted by molar-refractivity contribution is 6.35. The van der Waals surface area contributed by atoms with Crippen molar-refractivity contribution in [3.05, 3.63) is 33.8 Å². The molecule has 20 heavy (non-hydrogen) atoms. The molecule has 3 nitrogen and oxygen atoms in total. The quantitative estimate of drug-likeness (QED) is 0.906. The first kappa shape index (κ1) is 15.6. The number of hydrogen-bond acceptors (Lipinski definition) is 2. The summed E-state index contributed by atoms with van der Waals surface area (Å²) in [5.74, 6) is -0.816. The van der Waals surface area contributed by atoms with Crippen LogP contribution in [0.5, 0.6) is 0 Å². The zero-order valence-corrected chi connectivity index (χ0v) is 13.0. The largest absolute Gasteiger partial charge is 0.481 e. The molecule has 0 amide bonds. The van der Waals surface area contributed by atoms with Gasteiger partial charge in [-0.1, -0.05) is 35.7 Å². The van der Waals surface area contributed by atoms with Gasteiger partial charge >= 0.3 is 5.97 Å². The summed E-state index contributed by atoms with van der Waals surface area (Å²) in [4.78, 5) is 13.5. The molecule has 1 aromatic rings. The predicted molar refractivity (Wildman–Crippen MR) is 81.5 cm³/mol. The summed E-state index contributed by atoms with van der Waals surface area (Å²) in [6.07, 6.45) is 3.43. The fourth-order valence-corrected chi connectivity index (χ4v) is 3.60. The molecule has 1 N–H and O–H groups in total. The first-order valence-electron chi connectivity index (χ1n) is 6.86. The monoisotopic (exact) mass is 315 g/mol. The summed E-state index contributed by atoms with van der Waals surface area (Å²) in [5.41, 5.74) is 0.251. The number of benzene rings is 1. The van der Waals surface area contributed by atoms with Crippen LogP contribution in [0.25, 0.3) is 0 Å². The highest BCUT2D eigenvalue weighted by Gasteiger charge is 2.38. The smallest absolute Gasteiger partial charge is 0.305 e. The van der Waals surface area contributed by atoms with Gasteiger partial charge in [-0.15, -0.1) is 0 Å². The van der Waals surface area contributed by atoms with Gasteiger partial charge in [-0.05, 0) is 50.6 Å². The maximum absolute atomic E-state index is 11.3. The topological polar surface area (TPSA) is 40.5 Å². The summed E-state index contributed by atoms with van der Waals surface area (Å²) < 4.78 is 0. The van der Waals surface area contributed by atoms with Crippen LogP contribution in [0.15, 0.2) is 18.2 Å². The van der Waals surface area contributed by atoms with Crippen LogP contribution in [0, 0.1) is 0 Å². The number of piperidine rings is 1. The van der Waals surface area contributed by atoms with Gasteiger partial charge in [0.25, 0.3) is 0 Å². The van der Waals surface area contributed by atoms with Crippen LogP contribution >= 0.6 is 23.2 Å². The van der Waals surface area contributed by atoms with Crippen molar-refractivity contribution in [2.24, 2.45) is 0 Å². The Morgan fingerprint density at radius 2 is 1.95 bits per heavy atom. The number of aliphatic carboxylic acids is 1. The second-order valence-corrected chi connectivity index (χ2v) is 6.36. The summed E-state index contributed by atoms with van der Waals surface area (Å²) >= 11 is 12.3. The maximum Gasteiger partial charge on any atom is 0.305 e. The van der Waals surface area contributed by atoms with Gasteiger partial charge in [-0.25, -0.2) is 0 Å². The standard InChI is InChI=1S/C15H19Cl2NO2/c1-15(10-14(19)20,18-7-3-2-4-8-18)12-6-5-11(16)9-13(12)17/h5-6,9H,2-4,7-8,10H2,1H3,(H,19,20). The third-order valence-corrected chi connectivity index (χ3v) is 4.61. The Kier molecular flexibility index (Phi) is 4.95. The highest BCUT2D eigenvalue weighted by atomic mass is 35.5. The van der Waals surface area contributed by atoms with E-state index < -0.39 is 11.5 Å². The van der Waals surface area contributed by atoms with Crippen LogP contribution in [0.2, 0.25) is 10.0 Å². The molecule has 0 bridgehead atoms. The van der Waals surface area contributed by atoms with E-state index in [2.05, 4.69) is 4.90 Å². The number of hydrogen-bond donors (Lipinski definition) is 1. The van der Waals surface area contributed by atoms with Crippen molar-refractivity contribution >= 4 is 29.2 Å². The van der Waals surface area contributed by atoms with E-state index in [0.29, 0.717) is 10.0 Å². The van der Waals surface area contributed by atoms with Crippen LogP contribution in [0.4, 0.5) is 0 Å². The van der Waals surface area contributed by atoms with Crippen molar-refractivity contribution in [3.63, 3.8) is 0 Å². The lowest BCUT2D eigenvalue weighted by Gasteiger charge is -2.43. The third-order valence-electron chi connectivity index (χ3n) is 4.06. The molecule has 1 aromatic carbocycles. The summed E-state index contributed by atoms with van der Waals surface area (Å²) in [5, 5.41) is 10.4. The lowest BCUT2D eigenvalue weighted by Crippen LogP contribution is -2.48. The van der Waals surface area contributed by atoms with Gasteiger partial charge in [-0.2, -0.15) is 0 Å². The molecule has 1 saturated heterocycles. The van der Waals surface area contributed by atoms with Crippen molar-refractivity contribution in [2.45, 2.75) is 38.1 Å². The number of carbonyl (C=O) groups is 1. The Labute approximate surface area is 129 Å². The van der Waals surface area contributed by atoms with Crippen LogP contribution in [0.3, 0.4) is 0 Å². The molecule has 0 radical (unpaired) electrons. The van der Waals surface area contributed by atoms with Crippen molar-refractivity contribution in [1.29, 1.82) is 0 Å². The molecule has 110 valence electrons. The van der Waals surface area contributed by atoms with Crippen molar-refractivity contribution in [3.8, 4) is 0 Å². The van der Waals surface area contributed by atoms with E-state index in [0.717, 1.165) is 31.5 Å². The Morgan fingerprint density at radius 1 is 1.30 bits per heavy atom. The second kappa shape index (κ2) is 6.33. The minimum absolute atomic E-state index is 0.0361. The molecule has 1 heterocycles. The molecule has 1 aliphatic heterocycles. The van der Waals surface area contributed by atoms with E-state index in [1.807, 2.05) is 13.0 Å². The number of halogens is 2. The molecule has 2 rings (SSSR count). The lowest BCUT2D eigenvalue weighted by molar-refractivity contribution is -0.140. The van der Waals surface area contributed by atoms with Gasteiger partial charge < -0.3 is 5.11 Å². The van der Waals surface area contributed by atoms with Crippen LogP contribution in [0.1, 0.15) is 38.2 Å². The normalized spacial score (nSPS) is 19.6. The SMILES string of the molecule is CC(CC(=O)O)(c1ccc(Cl)cc1Cl)N1CCCCC1. The first-order valence-corrected chi connectivity index (χ1v) is 7.61. The summed E-state index contributed by atoms with van der Waals surface area (Å²) in [6.45, 7) is 3.77. The van der Waals surface area contributed by atoms with E-state index >= 15 is 0 Å². The van der Waals surface area contributed by atoms with Crippen LogP contribution < -0.4 is 0 Å². The average Bonchev–Trinajstić information content (AvgIpc) is 2.38. The summed E-state index contributed by atoms with van der Waals surface area (Å²) in [6, 6.07) is 5.30. The third kappa shape index (κ3) is 3.27. The van der Waals surface area contributed by atoms with Gasteiger partial charge in [0.1, 0.15) is 0 Å². The number of nitrogens with zero attached hydrogens (tertiary/aromatic N) is 1. The Hall–Kier alpha value is -0.770. The van der Waals surface area contributed by atoms with E-state index in [1.54, 1.807) is 12.1 Å². The van der Waals surface area contributed by atoms with E-state index in [9.17, 15) is 9.90 Å². The minimum atomic E-state index is -0.816. The molecule has 1 unspecified atom stereocenters. The molecule has 1 aliphatic rings. The van der Waals surface area contributed by atoms with Crippen LogP contribution in [-0.2, 0) is 10.3 Å². The molecule has 5 heteroatoms.